The number of aryl methyl sites for hydroxylation is 2. The highest BCUT2D eigenvalue weighted by Gasteiger charge is 2.34. The average Bonchev–Trinajstić information content (AvgIpc) is 3.11. The largest absolute Gasteiger partial charge is 0.496 e. The Balaban J connectivity index is 1.36. The van der Waals surface area contributed by atoms with Crippen molar-refractivity contribution in [3.63, 3.8) is 0 Å². The van der Waals surface area contributed by atoms with Crippen LogP contribution in [0.1, 0.15) is 29.8 Å². The first-order valence-corrected chi connectivity index (χ1v) is 11.0. The molecule has 2 saturated heterocycles. The van der Waals surface area contributed by atoms with Gasteiger partial charge in [-0.25, -0.2) is 4.79 Å². The van der Waals surface area contributed by atoms with Crippen LogP contribution >= 0.6 is 0 Å². The highest BCUT2D eigenvalue weighted by molar-refractivity contribution is 6.01. The van der Waals surface area contributed by atoms with E-state index in [1.54, 1.807) is 7.11 Å². The number of hydrogen-bond acceptors (Lipinski definition) is 7. The molecule has 0 unspecified atom stereocenters. The second-order valence-electron chi connectivity index (χ2n) is 8.37. The number of hydrogen-bond donors (Lipinski definition) is 0. The third-order valence-electron chi connectivity index (χ3n) is 5.90. The fraction of sp³-hybridized carbons (Fsp3) is 0.417. The van der Waals surface area contributed by atoms with Crippen LogP contribution in [0.25, 0.3) is 11.1 Å². The second kappa shape index (κ2) is 9.58. The van der Waals surface area contributed by atoms with E-state index in [0.717, 1.165) is 33.8 Å². The van der Waals surface area contributed by atoms with Gasteiger partial charge in [-0.15, -0.1) is 5.06 Å². The van der Waals surface area contributed by atoms with Crippen LogP contribution in [0.15, 0.2) is 30.3 Å². The maximum Gasteiger partial charge on any atom is 0.434 e. The number of pyridine rings is 1. The van der Waals surface area contributed by atoms with Gasteiger partial charge in [-0.05, 0) is 43.2 Å². The first-order valence-electron chi connectivity index (χ1n) is 11.0. The van der Waals surface area contributed by atoms with Crippen LogP contribution < -0.4 is 4.74 Å². The van der Waals surface area contributed by atoms with Crippen molar-refractivity contribution in [3.8, 4) is 16.9 Å². The van der Waals surface area contributed by atoms with Crippen LogP contribution in [-0.4, -0.2) is 71.0 Å². The molecule has 9 heteroatoms. The van der Waals surface area contributed by atoms with E-state index in [-0.39, 0.29) is 12.8 Å². The van der Waals surface area contributed by atoms with Crippen LogP contribution in [0.2, 0.25) is 0 Å². The lowest BCUT2D eigenvalue weighted by atomic mass is 10.0. The van der Waals surface area contributed by atoms with Gasteiger partial charge in [0.15, 0.2) is 0 Å². The molecule has 2 aromatic rings. The monoisotopic (exact) mass is 452 g/mol. The van der Waals surface area contributed by atoms with E-state index in [1.165, 1.54) is 4.90 Å². The maximum atomic E-state index is 12.3. The number of nitrogens with zero attached hydrogens (tertiary/aromatic N) is 4. The van der Waals surface area contributed by atoms with Crippen LogP contribution in [0.4, 0.5) is 4.79 Å². The van der Waals surface area contributed by atoms with Gasteiger partial charge in [-0.1, -0.05) is 12.1 Å². The molecule has 1 aromatic carbocycles. The second-order valence-corrected chi connectivity index (χ2v) is 8.37. The minimum atomic E-state index is -0.664. The summed E-state index contributed by atoms with van der Waals surface area (Å²) in [5, 5.41) is 0.590. The zero-order chi connectivity index (χ0) is 23.5. The number of hydroxylamine groups is 2. The Kier molecular flexibility index (Phi) is 6.60. The fourth-order valence-electron chi connectivity index (χ4n) is 4.18. The third kappa shape index (κ3) is 5.14. The van der Waals surface area contributed by atoms with Gasteiger partial charge in [-0.2, -0.15) is 0 Å². The van der Waals surface area contributed by atoms with Crippen molar-refractivity contribution in [2.24, 2.45) is 0 Å². The van der Waals surface area contributed by atoms with E-state index in [4.69, 9.17) is 9.57 Å². The fourth-order valence-corrected chi connectivity index (χ4v) is 4.18. The zero-order valence-corrected chi connectivity index (χ0v) is 19.2. The lowest BCUT2D eigenvalue weighted by Crippen LogP contribution is -2.50. The SMILES string of the molecule is COc1cc(-c2cc(C)nc(C)c2)ccc1CN1CCN(C(=O)ON2C(=O)CCC2=O)CC1. The number of benzene rings is 1. The summed E-state index contributed by atoms with van der Waals surface area (Å²) in [6.07, 6.45) is -0.495. The third-order valence-corrected chi connectivity index (χ3v) is 5.90. The van der Waals surface area contributed by atoms with Gasteiger partial charge >= 0.3 is 6.09 Å². The molecule has 4 rings (SSSR count). The number of carbonyl (C=O) groups is 3. The highest BCUT2D eigenvalue weighted by atomic mass is 16.7. The number of rotatable bonds is 5. The van der Waals surface area contributed by atoms with Crippen LogP contribution in [-0.2, 0) is 21.0 Å². The number of amides is 3. The molecule has 0 bridgehead atoms. The molecule has 9 nitrogen and oxygen atoms in total. The van der Waals surface area contributed by atoms with Crippen molar-refractivity contribution in [2.75, 3.05) is 33.3 Å². The first kappa shape index (κ1) is 22.7. The van der Waals surface area contributed by atoms with Gasteiger partial charge in [0.05, 0.1) is 7.11 Å². The number of methoxy groups -OCH3 is 1. The molecule has 33 heavy (non-hydrogen) atoms. The molecule has 0 aliphatic carbocycles. The summed E-state index contributed by atoms with van der Waals surface area (Å²) in [4.78, 5) is 48.9. The van der Waals surface area contributed by atoms with E-state index in [2.05, 4.69) is 34.1 Å². The summed E-state index contributed by atoms with van der Waals surface area (Å²) in [5.41, 5.74) is 5.19. The minimum absolute atomic E-state index is 0.0842. The first-order chi connectivity index (χ1) is 15.8. The lowest BCUT2D eigenvalue weighted by Gasteiger charge is -2.34. The van der Waals surface area contributed by atoms with Crippen molar-refractivity contribution < 1.29 is 24.0 Å². The van der Waals surface area contributed by atoms with E-state index in [9.17, 15) is 14.4 Å². The average molecular weight is 453 g/mol. The molecule has 2 aliphatic heterocycles. The number of imide groups is 1. The van der Waals surface area contributed by atoms with Gasteiger partial charge < -0.3 is 14.5 Å². The normalized spacial score (nSPS) is 16.9. The molecule has 2 aliphatic rings. The smallest absolute Gasteiger partial charge is 0.434 e. The predicted molar refractivity (Wildman–Crippen MR) is 120 cm³/mol. The Morgan fingerprint density at radius 2 is 1.58 bits per heavy atom. The number of ether oxygens (including phenoxy) is 1. The van der Waals surface area contributed by atoms with Gasteiger partial charge in [0.2, 0.25) is 0 Å². The molecule has 3 amide bonds. The van der Waals surface area contributed by atoms with Crippen molar-refractivity contribution in [1.29, 1.82) is 0 Å². The van der Waals surface area contributed by atoms with E-state index < -0.39 is 17.9 Å². The Labute approximate surface area is 192 Å². The summed E-state index contributed by atoms with van der Waals surface area (Å²) in [6.45, 7) is 6.84. The molecule has 2 fully saturated rings. The Hall–Kier alpha value is -3.46. The van der Waals surface area contributed by atoms with Crippen LogP contribution in [0, 0.1) is 13.8 Å². The number of carbonyl (C=O) groups excluding carboxylic acids is 3. The molecule has 0 atom stereocenters. The quantitative estimate of drug-likeness (QED) is 0.644. The van der Waals surface area contributed by atoms with E-state index in [0.29, 0.717) is 37.8 Å². The lowest BCUT2D eigenvalue weighted by molar-refractivity contribution is -0.174. The molecule has 0 N–H and O–H groups in total. The summed E-state index contributed by atoms with van der Waals surface area (Å²) < 4.78 is 5.67. The Morgan fingerprint density at radius 3 is 2.18 bits per heavy atom. The van der Waals surface area contributed by atoms with Crippen LogP contribution in [0.5, 0.6) is 5.75 Å². The molecule has 0 radical (unpaired) electrons. The van der Waals surface area contributed by atoms with Crippen molar-refractivity contribution in [3.05, 3.63) is 47.3 Å². The number of piperazine rings is 1. The van der Waals surface area contributed by atoms with Crippen LogP contribution in [0.3, 0.4) is 0 Å². The molecular weight excluding hydrogens is 424 g/mol. The Bertz CT molecular complexity index is 1040. The van der Waals surface area contributed by atoms with Crippen molar-refractivity contribution in [1.82, 2.24) is 19.8 Å². The molecule has 174 valence electrons. The summed E-state index contributed by atoms with van der Waals surface area (Å²) in [7, 11) is 1.67. The molecule has 1 aromatic heterocycles. The molecule has 0 spiro atoms. The topological polar surface area (TPSA) is 92.3 Å². The van der Waals surface area contributed by atoms with Gasteiger partial charge in [0.1, 0.15) is 5.75 Å². The highest BCUT2D eigenvalue weighted by Crippen LogP contribution is 2.29. The summed E-state index contributed by atoms with van der Waals surface area (Å²) >= 11 is 0. The standard InChI is InChI=1S/C24H28N4O5/c1-16-12-20(13-17(2)25-16)18-4-5-19(21(14-18)32-3)15-26-8-10-27(11-9-26)24(31)33-28-22(29)6-7-23(28)30/h4-5,12-14H,6-11,15H2,1-3H3. The maximum absolute atomic E-state index is 12.3. The minimum Gasteiger partial charge on any atom is -0.496 e. The van der Waals surface area contributed by atoms with Crippen molar-refractivity contribution in [2.45, 2.75) is 33.2 Å². The predicted octanol–water partition coefficient (Wildman–Crippen LogP) is 2.69. The Morgan fingerprint density at radius 1 is 0.939 bits per heavy atom. The van der Waals surface area contributed by atoms with E-state index >= 15 is 0 Å². The molecule has 0 saturated carbocycles. The van der Waals surface area contributed by atoms with Gasteiger partial charge in [0, 0.05) is 62.5 Å². The summed E-state index contributed by atoms with van der Waals surface area (Å²) in [6, 6.07) is 10.3. The molecule has 3 heterocycles. The molecular formula is C24H28N4O5. The van der Waals surface area contributed by atoms with Gasteiger partial charge in [0.25, 0.3) is 11.8 Å². The van der Waals surface area contributed by atoms with E-state index in [1.807, 2.05) is 19.9 Å². The summed E-state index contributed by atoms with van der Waals surface area (Å²) in [5.74, 6) is -0.133. The van der Waals surface area contributed by atoms with Crippen molar-refractivity contribution >= 4 is 17.9 Å². The number of aromatic nitrogens is 1. The van der Waals surface area contributed by atoms with Gasteiger partial charge in [-0.3, -0.25) is 19.5 Å². The zero-order valence-electron chi connectivity index (χ0n) is 19.2.